The molecular weight excluding hydrogens is 242 g/mol. The van der Waals surface area contributed by atoms with Crippen LogP contribution in [0.15, 0.2) is 0 Å². The second-order valence-electron chi connectivity index (χ2n) is 6.92. The van der Waals surface area contributed by atoms with Crippen LogP contribution in [0.5, 0.6) is 0 Å². The highest BCUT2D eigenvalue weighted by Crippen LogP contribution is 2.35. The molecule has 1 aliphatic carbocycles. The van der Waals surface area contributed by atoms with Crippen molar-refractivity contribution in [3.05, 3.63) is 0 Å². The van der Waals surface area contributed by atoms with Crippen LogP contribution in [0.25, 0.3) is 0 Å². The van der Waals surface area contributed by atoms with Crippen LogP contribution in [0.2, 0.25) is 0 Å². The molecule has 4 heteroatoms. The van der Waals surface area contributed by atoms with E-state index in [9.17, 15) is 9.90 Å². The van der Waals surface area contributed by atoms with E-state index >= 15 is 0 Å². The SMILES string of the molecule is CC(C)(C)OC(=O)N1CCCCC1C(O)C1CCC1. The maximum atomic E-state index is 12.3. The molecular formula is C15H27NO3. The zero-order valence-corrected chi connectivity index (χ0v) is 12.4. The van der Waals surface area contributed by atoms with Crippen molar-refractivity contribution < 1.29 is 14.6 Å². The average Bonchev–Trinajstić information content (AvgIpc) is 2.24. The van der Waals surface area contributed by atoms with Gasteiger partial charge in [0.2, 0.25) is 0 Å². The molecule has 2 atom stereocenters. The second-order valence-corrected chi connectivity index (χ2v) is 6.92. The average molecular weight is 269 g/mol. The number of ether oxygens (including phenoxy) is 1. The molecule has 110 valence electrons. The van der Waals surface area contributed by atoms with Crippen molar-refractivity contribution in [3.8, 4) is 0 Å². The van der Waals surface area contributed by atoms with Crippen LogP contribution >= 0.6 is 0 Å². The highest BCUT2D eigenvalue weighted by molar-refractivity contribution is 5.68. The lowest BCUT2D eigenvalue weighted by molar-refractivity contribution is -0.0437. The van der Waals surface area contributed by atoms with Crippen molar-refractivity contribution in [2.75, 3.05) is 6.54 Å². The summed E-state index contributed by atoms with van der Waals surface area (Å²) in [5, 5.41) is 10.5. The van der Waals surface area contributed by atoms with Gasteiger partial charge in [-0.2, -0.15) is 0 Å². The second kappa shape index (κ2) is 5.70. The Morgan fingerprint density at radius 2 is 1.89 bits per heavy atom. The van der Waals surface area contributed by atoms with Gasteiger partial charge in [-0.15, -0.1) is 0 Å². The maximum absolute atomic E-state index is 12.3. The zero-order chi connectivity index (χ0) is 14.0. The number of amides is 1. The molecule has 0 aromatic carbocycles. The molecule has 0 spiro atoms. The Morgan fingerprint density at radius 3 is 2.42 bits per heavy atom. The molecule has 2 fully saturated rings. The Morgan fingerprint density at radius 1 is 1.21 bits per heavy atom. The summed E-state index contributed by atoms with van der Waals surface area (Å²) in [7, 11) is 0. The summed E-state index contributed by atoms with van der Waals surface area (Å²) in [6, 6.07) is -0.0473. The predicted molar refractivity (Wildman–Crippen MR) is 73.9 cm³/mol. The molecule has 1 heterocycles. The van der Waals surface area contributed by atoms with Crippen LogP contribution < -0.4 is 0 Å². The van der Waals surface area contributed by atoms with E-state index in [2.05, 4.69) is 0 Å². The zero-order valence-electron chi connectivity index (χ0n) is 12.4. The van der Waals surface area contributed by atoms with Crippen LogP contribution in [0.3, 0.4) is 0 Å². The van der Waals surface area contributed by atoms with E-state index in [0.717, 1.165) is 32.1 Å². The summed E-state index contributed by atoms with van der Waals surface area (Å²) in [6.07, 6.45) is 5.76. The Bertz CT molecular complexity index is 320. The summed E-state index contributed by atoms with van der Waals surface area (Å²) in [6.45, 7) is 6.36. The Hall–Kier alpha value is -0.770. The number of aliphatic hydroxyl groups is 1. The number of nitrogens with zero attached hydrogens (tertiary/aromatic N) is 1. The molecule has 19 heavy (non-hydrogen) atoms. The van der Waals surface area contributed by atoms with Gasteiger partial charge < -0.3 is 14.7 Å². The minimum atomic E-state index is -0.472. The lowest BCUT2D eigenvalue weighted by Gasteiger charge is -2.43. The first-order chi connectivity index (χ1) is 8.88. The van der Waals surface area contributed by atoms with Crippen molar-refractivity contribution in [2.24, 2.45) is 5.92 Å². The summed E-state index contributed by atoms with van der Waals surface area (Å²) in [4.78, 5) is 14.0. The van der Waals surface area contributed by atoms with Gasteiger partial charge in [0.15, 0.2) is 0 Å². The third kappa shape index (κ3) is 3.62. The molecule has 1 N–H and O–H groups in total. The number of rotatable bonds is 2. The summed E-state index contributed by atoms with van der Waals surface area (Å²) in [5.74, 6) is 0.382. The molecule has 2 aliphatic rings. The first kappa shape index (κ1) is 14.6. The number of hydrogen-bond acceptors (Lipinski definition) is 3. The largest absolute Gasteiger partial charge is 0.444 e. The van der Waals surface area contributed by atoms with Gasteiger partial charge in [0.05, 0.1) is 12.1 Å². The van der Waals surface area contributed by atoms with Crippen molar-refractivity contribution >= 4 is 6.09 Å². The van der Waals surface area contributed by atoms with Gasteiger partial charge in [0, 0.05) is 6.54 Å². The number of hydrogen-bond donors (Lipinski definition) is 1. The van der Waals surface area contributed by atoms with Gasteiger partial charge in [-0.3, -0.25) is 0 Å². The van der Waals surface area contributed by atoms with Gasteiger partial charge in [0.1, 0.15) is 5.60 Å². The van der Waals surface area contributed by atoms with Crippen LogP contribution in [0.1, 0.15) is 59.3 Å². The van der Waals surface area contributed by atoms with E-state index in [4.69, 9.17) is 4.74 Å². The highest BCUT2D eigenvalue weighted by atomic mass is 16.6. The van der Waals surface area contributed by atoms with Crippen molar-refractivity contribution in [1.82, 2.24) is 4.90 Å². The van der Waals surface area contributed by atoms with E-state index < -0.39 is 5.60 Å². The fourth-order valence-electron chi connectivity index (χ4n) is 2.96. The van der Waals surface area contributed by atoms with E-state index in [1.165, 1.54) is 6.42 Å². The van der Waals surface area contributed by atoms with E-state index in [1.807, 2.05) is 20.8 Å². The molecule has 2 unspecified atom stereocenters. The third-order valence-corrected chi connectivity index (χ3v) is 4.20. The topological polar surface area (TPSA) is 49.8 Å². The van der Waals surface area contributed by atoms with Gasteiger partial charge in [-0.1, -0.05) is 6.42 Å². The standard InChI is InChI=1S/C15H27NO3/c1-15(2,3)19-14(18)16-10-5-4-9-12(16)13(17)11-7-6-8-11/h11-13,17H,4-10H2,1-3H3. The van der Waals surface area contributed by atoms with Crippen LogP contribution in [0.4, 0.5) is 4.79 Å². The Kier molecular flexibility index (Phi) is 4.39. The molecule has 0 bridgehead atoms. The number of aliphatic hydroxyl groups excluding tert-OH is 1. The Labute approximate surface area is 116 Å². The fourth-order valence-corrected chi connectivity index (χ4v) is 2.96. The normalized spacial score (nSPS) is 26.7. The molecule has 1 amide bonds. The molecule has 0 aromatic heterocycles. The van der Waals surface area contributed by atoms with Gasteiger partial charge in [-0.05, 0) is 58.8 Å². The minimum absolute atomic E-state index is 0.0473. The Balaban J connectivity index is 2.00. The minimum Gasteiger partial charge on any atom is -0.444 e. The van der Waals surface area contributed by atoms with Gasteiger partial charge >= 0.3 is 6.09 Å². The monoisotopic (exact) mass is 269 g/mol. The smallest absolute Gasteiger partial charge is 0.410 e. The highest BCUT2D eigenvalue weighted by Gasteiger charge is 2.39. The maximum Gasteiger partial charge on any atom is 0.410 e. The van der Waals surface area contributed by atoms with Crippen LogP contribution in [0, 0.1) is 5.92 Å². The number of carbonyl (C=O) groups is 1. The molecule has 1 aliphatic heterocycles. The van der Waals surface area contributed by atoms with E-state index in [0.29, 0.717) is 12.5 Å². The van der Waals surface area contributed by atoms with Gasteiger partial charge in [0.25, 0.3) is 0 Å². The molecule has 2 rings (SSSR count). The number of piperidine rings is 1. The van der Waals surface area contributed by atoms with Crippen LogP contribution in [-0.2, 0) is 4.74 Å². The lowest BCUT2D eigenvalue weighted by Crippen LogP contribution is -2.53. The fraction of sp³-hybridized carbons (Fsp3) is 0.933. The number of carbonyl (C=O) groups excluding carboxylic acids is 1. The summed E-state index contributed by atoms with van der Waals surface area (Å²) in [5.41, 5.74) is -0.472. The van der Waals surface area contributed by atoms with Gasteiger partial charge in [-0.25, -0.2) is 4.79 Å². The van der Waals surface area contributed by atoms with Crippen LogP contribution in [-0.4, -0.2) is 40.4 Å². The van der Waals surface area contributed by atoms with Crippen molar-refractivity contribution in [3.63, 3.8) is 0 Å². The van der Waals surface area contributed by atoms with E-state index in [1.54, 1.807) is 4.90 Å². The molecule has 0 aromatic rings. The van der Waals surface area contributed by atoms with E-state index in [-0.39, 0.29) is 18.2 Å². The quantitative estimate of drug-likeness (QED) is 0.838. The number of likely N-dealkylation sites (tertiary alicyclic amines) is 1. The predicted octanol–water partition coefficient (Wildman–Crippen LogP) is 2.94. The lowest BCUT2D eigenvalue weighted by atomic mass is 9.77. The molecule has 1 saturated carbocycles. The third-order valence-electron chi connectivity index (χ3n) is 4.20. The van der Waals surface area contributed by atoms with Crippen molar-refractivity contribution in [1.29, 1.82) is 0 Å². The first-order valence-electron chi connectivity index (χ1n) is 7.56. The molecule has 4 nitrogen and oxygen atoms in total. The molecule has 1 saturated heterocycles. The van der Waals surface area contributed by atoms with Crippen molar-refractivity contribution in [2.45, 2.75) is 77.0 Å². The summed E-state index contributed by atoms with van der Waals surface area (Å²) < 4.78 is 5.46. The molecule has 0 radical (unpaired) electrons. The first-order valence-corrected chi connectivity index (χ1v) is 7.56. The summed E-state index contributed by atoms with van der Waals surface area (Å²) >= 11 is 0.